The van der Waals surface area contributed by atoms with Crippen LogP contribution in [0.5, 0.6) is 5.88 Å². The molecule has 2 atom stereocenters. The van der Waals surface area contributed by atoms with Crippen LogP contribution in [-0.2, 0) is 0 Å². The van der Waals surface area contributed by atoms with Crippen LogP contribution in [0.4, 0.5) is 11.5 Å². The molecule has 1 heterocycles. The van der Waals surface area contributed by atoms with Crippen molar-refractivity contribution in [1.29, 1.82) is 0 Å². The van der Waals surface area contributed by atoms with Gasteiger partial charge in [0.1, 0.15) is 5.82 Å². The minimum atomic E-state index is 0.508. The smallest absolute Gasteiger partial charge is 0.238 e. The number of hydrogen-bond acceptors (Lipinski definition) is 4. The van der Waals surface area contributed by atoms with E-state index < -0.39 is 0 Å². The van der Waals surface area contributed by atoms with Crippen molar-refractivity contribution in [2.75, 3.05) is 31.3 Å². The maximum atomic E-state index is 5.73. The molecule has 1 fully saturated rings. The molecule has 2 rings (SSSR count). The lowest BCUT2D eigenvalue weighted by molar-refractivity contribution is 0.400. The predicted molar refractivity (Wildman–Crippen MR) is 65.7 cm³/mol. The van der Waals surface area contributed by atoms with Crippen molar-refractivity contribution in [1.82, 2.24) is 4.98 Å². The number of nitrogens with two attached hydrogens (primary N) is 1. The topological polar surface area (TPSA) is 51.4 Å². The van der Waals surface area contributed by atoms with Gasteiger partial charge in [0, 0.05) is 13.6 Å². The Balaban J connectivity index is 2.07. The van der Waals surface area contributed by atoms with Crippen LogP contribution in [0, 0.1) is 11.8 Å². The molecule has 2 unspecified atom stereocenters. The van der Waals surface area contributed by atoms with Gasteiger partial charge in [0.25, 0.3) is 0 Å². The Morgan fingerprint density at radius 2 is 2.25 bits per heavy atom. The first-order chi connectivity index (χ1) is 7.61. The van der Waals surface area contributed by atoms with Crippen molar-refractivity contribution < 1.29 is 4.74 Å². The molecule has 4 heteroatoms. The van der Waals surface area contributed by atoms with Crippen molar-refractivity contribution in [2.45, 2.75) is 13.3 Å². The van der Waals surface area contributed by atoms with E-state index in [1.54, 1.807) is 7.11 Å². The van der Waals surface area contributed by atoms with Crippen molar-refractivity contribution in [2.24, 2.45) is 11.8 Å². The maximum Gasteiger partial charge on any atom is 0.238 e. The molecule has 88 valence electrons. The zero-order chi connectivity index (χ0) is 11.7. The second kappa shape index (κ2) is 4.20. The Kier molecular flexibility index (Phi) is 2.90. The minimum absolute atomic E-state index is 0.508. The first kappa shape index (κ1) is 11.0. The molecule has 2 N–H and O–H groups in total. The number of pyridine rings is 1. The molecule has 0 bridgehead atoms. The highest BCUT2D eigenvalue weighted by atomic mass is 16.5. The fraction of sp³-hybridized carbons (Fsp3) is 0.583. The molecule has 0 aliphatic heterocycles. The summed E-state index contributed by atoms with van der Waals surface area (Å²) in [5.74, 6) is 3.10. The normalized spacial score (nSPS) is 22.9. The van der Waals surface area contributed by atoms with Gasteiger partial charge in [-0.2, -0.15) is 4.98 Å². The van der Waals surface area contributed by atoms with Crippen LogP contribution in [0.15, 0.2) is 12.1 Å². The lowest BCUT2D eigenvalue weighted by atomic mass is 10.3. The standard InChI is InChI=1S/C12H19N3O/c1-8-6-9(8)7-15(2)11-5-4-10(13)12(14-11)16-3/h4-5,8-9H,6-7,13H2,1-3H3. The molecule has 1 aromatic heterocycles. The fourth-order valence-electron chi connectivity index (χ4n) is 1.92. The number of hydrogen-bond donors (Lipinski definition) is 1. The minimum Gasteiger partial charge on any atom is -0.479 e. The lowest BCUT2D eigenvalue weighted by Crippen LogP contribution is -2.21. The quantitative estimate of drug-likeness (QED) is 0.841. The van der Waals surface area contributed by atoms with Gasteiger partial charge in [-0.1, -0.05) is 6.92 Å². The van der Waals surface area contributed by atoms with Crippen LogP contribution >= 0.6 is 0 Å². The van der Waals surface area contributed by atoms with Crippen LogP contribution in [-0.4, -0.2) is 25.7 Å². The Morgan fingerprint density at radius 1 is 1.56 bits per heavy atom. The zero-order valence-corrected chi connectivity index (χ0v) is 10.1. The summed E-state index contributed by atoms with van der Waals surface area (Å²) >= 11 is 0. The molecule has 4 nitrogen and oxygen atoms in total. The molecule has 0 saturated heterocycles. The first-order valence-electron chi connectivity index (χ1n) is 5.63. The molecular weight excluding hydrogens is 202 g/mol. The van der Waals surface area contributed by atoms with Crippen molar-refractivity contribution in [3.8, 4) is 5.88 Å². The van der Waals surface area contributed by atoms with Crippen molar-refractivity contribution in [3.05, 3.63) is 12.1 Å². The second-order valence-corrected chi connectivity index (χ2v) is 4.62. The van der Waals surface area contributed by atoms with Crippen molar-refractivity contribution in [3.63, 3.8) is 0 Å². The zero-order valence-electron chi connectivity index (χ0n) is 10.1. The highest BCUT2D eigenvalue weighted by Gasteiger charge is 2.33. The van der Waals surface area contributed by atoms with Crippen LogP contribution in [0.2, 0.25) is 0 Å². The van der Waals surface area contributed by atoms with Crippen LogP contribution in [0.1, 0.15) is 13.3 Å². The number of nitrogen functional groups attached to an aromatic ring is 1. The molecule has 0 aromatic carbocycles. The van der Waals surface area contributed by atoms with Gasteiger partial charge >= 0.3 is 0 Å². The molecule has 0 spiro atoms. The Hall–Kier alpha value is -1.45. The molecule has 1 aliphatic rings. The predicted octanol–water partition coefficient (Wildman–Crippen LogP) is 1.76. The summed E-state index contributed by atoms with van der Waals surface area (Å²) < 4.78 is 5.11. The van der Waals surface area contributed by atoms with Gasteiger partial charge in [-0.05, 0) is 30.4 Å². The average molecular weight is 221 g/mol. The molecule has 0 amide bonds. The van der Waals surface area contributed by atoms with Gasteiger partial charge in [-0.25, -0.2) is 0 Å². The summed E-state index contributed by atoms with van der Waals surface area (Å²) in [5.41, 5.74) is 6.31. The average Bonchev–Trinajstić information content (AvgIpc) is 2.94. The molecular formula is C12H19N3O. The van der Waals surface area contributed by atoms with E-state index in [1.165, 1.54) is 6.42 Å². The van der Waals surface area contributed by atoms with E-state index in [1.807, 2.05) is 12.1 Å². The molecule has 1 saturated carbocycles. The molecule has 0 radical (unpaired) electrons. The highest BCUT2D eigenvalue weighted by Crippen LogP contribution is 2.38. The number of methoxy groups -OCH3 is 1. The van der Waals surface area contributed by atoms with Crippen LogP contribution in [0.3, 0.4) is 0 Å². The Labute approximate surface area is 96.4 Å². The van der Waals surface area contributed by atoms with E-state index in [0.717, 1.165) is 24.2 Å². The molecule has 1 aliphatic carbocycles. The van der Waals surface area contributed by atoms with Crippen LogP contribution in [0.25, 0.3) is 0 Å². The van der Waals surface area contributed by atoms with E-state index in [-0.39, 0.29) is 0 Å². The van der Waals surface area contributed by atoms with Gasteiger partial charge in [0.15, 0.2) is 0 Å². The third-order valence-electron chi connectivity index (χ3n) is 3.24. The van der Waals surface area contributed by atoms with Gasteiger partial charge < -0.3 is 15.4 Å². The SMILES string of the molecule is COc1nc(N(C)CC2CC2C)ccc1N. The summed E-state index contributed by atoms with van der Waals surface area (Å²) in [6.45, 7) is 3.34. The van der Waals surface area contributed by atoms with E-state index in [9.17, 15) is 0 Å². The van der Waals surface area contributed by atoms with E-state index in [2.05, 4.69) is 23.9 Å². The van der Waals surface area contributed by atoms with Gasteiger partial charge in [-0.3, -0.25) is 0 Å². The molecule has 16 heavy (non-hydrogen) atoms. The maximum absolute atomic E-state index is 5.73. The molecule has 1 aromatic rings. The van der Waals surface area contributed by atoms with Gasteiger partial charge in [0.2, 0.25) is 5.88 Å². The largest absolute Gasteiger partial charge is 0.479 e. The van der Waals surface area contributed by atoms with E-state index in [0.29, 0.717) is 11.6 Å². The van der Waals surface area contributed by atoms with E-state index >= 15 is 0 Å². The van der Waals surface area contributed by atoms with Crippen molar-refractivity contribution >= 4 is 11.5 Å². The summed E-state index contributed by atoms with van der Waals surface area (Å²) in [6, 6.07) is 3.78. The van der Waals surface area contributed by atoms with Gasteiger partial charge in [0.05, 0.1) is 12.8 Å². The summed E-state index contributed by atoms with van der Waals surface area (Å²) in [6.07, 6.45) is 1.33. The first-order valence-corrected chi connectivity index (χ1v) is 5.63. The van der Waals surface area contributed by atoms with Crippen LogP contribution < -0.4 is 15.4 Å². The summed E-state index contributed by atoms with van der Waals surface area (Å²) in [5, 5.41) is 0. The monoisotopic (exact) mass is 221 g/mol. The highest BCUT2D eigenvalue weighted by molar-refractivity contribution is 5.54. The third kappa shape index (κ3) is 2.21. The fourth-order valence-corrected chi connectivity index (χ4v) is 1.92. The summed E-state index contributed by atoms with van der Waals surface area (Å²) in [7, 11) is 3.65. The number of aromatic nitrogens is 1. The Morgan fingerprint density at radius 3 is 2.81 bits per heavy atom. The number of rotatable bonds is 4. The number of ether oxygens (including phenoxy) is 1. The Bertz CT molecular complexity index is 381. The summed E-state index contributed by atoms with van der Waals surface area (Å²) in [4.78, 5) is 6.54. The van der Waals surface area contributed by atoms with Gasteiger partial charge in [-0.15, -0.1) is 0 Å². The third-order valence-corrected chi connectivity index (χ3v) is 3.24. The lowest BCUT2D eigenvalue weighted by Gasteiger charge is -2.19. The number of nitrogens with zero attached hydrogens (tertiary/aromatic N) is 2. The van der Waals surface area contributed by atoms with E-state index in [4.69, 9.17) is 10.5 Å². The number of anilines is 2. The second-order valence-electron chi connectivity index (χ2n) is 4.62.